The summed E-state index contributed by atoms with van der Waals surface area (Å²) in [7, 11) is -4.51. The number of ether oxygens (including phenoxy) is 2. The van der Waals surface area contributed by atoms with Crippen molar-refractivity contribution in [3.63, 3.8) is 0 Å². The van der Waals surface area contributed by atoms with E-state index in [1.165, 1.54) is 16.8 Å². The lowest BCUT2D eigenvalue weighted by Crippen LogP contribution is -2.34. The first-order valence-electron chi connectivity index (χ1n) is 5.43. The van der Waals surface area contributed by atoms with E-state index in [0.717, 1.165) is 0 Å². The smallest absolute Gasteiger partial charge is 0.349 e. The third-order valence-electron chi connectivity index (χ3n) is 2.66. The predicted molar refractivity (Wildman–Crippen MR) is 68.3 cm³/mol. The summed E-state index contributed by atoms with van der Waals surface area (Å²) in [6, 6.07) is 0.938. The molecule has 0 spiro atoms. The fourth-order valence-electron chi connectivity index (χ4n) is 1.81. The maximum atomic E-state index is 11.7. The minimum absolute atomic E-state index is 0. The van der Waals surface area contributed by atoms with Gasteiger partial charge in [0.25, 0.3) is 0 Å². The zero-order chi connectivity index (χ0) is 14.0. The van der Waals surface area contributed by atoms with Gasteiger partial charge in [-0.3, -0.25) is 4.57 Å². The largest absolute Gasteiger partial charge is 0.777 e. The monoisotopic (exact) mass is 308 g/mol. The van der Waals surface area contributed by atoms with Gasteiger partial charge in [0.2, 0.25) is 0 Å². The molecule has 1 aromatic rings. The quantitative estimate of drug-likeness (QED) is 0.572. The number of nitrogens with zero attached hydrogens (tertiary/aromatic N) is 2. The first-order valence-corrected chi connectivity index (χ1v) is 7.20. The van der Waals surface area contributed by atoms with Crippen LogP contribution in [0.25, 0.3) is 0 Å². The molecule has 2 rings (SSSR count). The second-order valence-corrected chi connectivity index (χ2v) is 5.65. The highest BCUT2D eigenvalue weighted by Crippen LogP contribution is 2.31. The molecule has 0 radical (unpaired) electrons. The van der Waals surface area contributed by atoms with Crippen LogP contribution in [0.2, 0.25) is 0 Å². The lowest BCUT2D eigenvalue weighted by atomic mass is 10.2. The van der Waals surface area contributed by atoms with Gasteiger partial charge in [0.15, 0.2) is 7.60 Å². The highest BCUT2D eigenvalue weighted by Gasteiger charge is 2.32. The first-order chi connectivity index (χ1) is 8.87. The van der Waals surface area contributed by atoms with E-state index in [1.54, 1.807) is 0 Å². The minimum atomic E-state index is -4.51. The highest BCUT2D eigenvalue weighted by molar-refractivity contribution is 7.50. The molecule has 0 aromatic carbocycles. The number of hydrogen-bond acceptors (Lipinski definition) is 7. The Morgan fingerprint density at radius 3 is 2.95 bits per heavy atom. The molecule has 0 saturated carbocycles. The lowest BCUT2D eigenvalue weighted by Gasteiger charge is -2.23. The third-order valence-corrected chi connectivity index (χ3v) is 3.14. The van der Waals surface area contributed by atoms with Crippen molar-refractivity contribution in [2.75, 3.05) is 25.3 Å². The molecule has 0 bridgehead atoms. The fraction of sp³-hybridized carbons (Fsp3) is 0.556. The Balaban J connectivity index is 0.00000200. The summed E-state index contributed by atoms with van der Waals surface area (Å²) in [5, 5.41) is 0. The molecule has 11 heteroatoms. The molecule has 3 atom stereocenters. The van der Waals surface area contributed by atoms with Gasteiger partial charge in [-0.25, -0.2) is 4.79 Å². The Hall–Kier alpha value is -1.29. The predicted octanol–water partition coefficient (Wildman–Crippen LogP) is -1.34. The van der Waals surface area contributed by atoms with Gasteiger partial charge >= 0.3 is 5.69 Å². The van der Waals surface area contributed by atoms with Crippen molar-refractivity contribution < 1.29 is 23.8 Å². The molecule has 0 aliphatic carbocycles. The Morgan fingerprint density at radius 2 is 2.35 bits per heavy atom. The molecule has 114 valence electrons. The maximum absolute atomic E-state index is 11.7. The molecular weight excluding hydrogens is 291 g/mol. The van der Waals surface area contributed by atoms with Crippen molar-refractivity contribution >= 4 is 13.4 Å². The van der Waals surface area contributed by atoms with Gasteiger partial charge in [-0.15, -0.1) is 0 Å². The van der Waals surface area contributed by atoms with E-state index in [-0.39, 0.29) is 25.2 Å². The van der Waals surface area contributed by atoms with Crippen LogP contribution >= 0.6 is 7.60 Å². The second-order valence-electron chi connectivity index (χ2n) is 4.12. The Bertz CT molecular complexity index is 558. The molecule has 0 amide bonds. The molecule has 1 aliphatic heterocycles. The van der Waals surface area contributed by atoms with Crippen LogP contribution < -0.4 is 22.5 Å². The number of anilines is 1. The molecule has 10 nitrogen and oxygen atoms in total. The van der Waals surface area contributed by atoms with Crippen molar-refractivity contribution in [3.05, 3.63) is 22.7 Å². The van der Waals surface area contributed by atoms with Gasteiger partial charge in [-0.1, -0.05) is 0 Å². The Kier molecular flexibility index (Phi) is 5.40. The molecule has 20 heavy (non-hydrogen) atoms. The Morgan fingerprint density at radius 1 is 1.65 bits per heavy atom. The molecule has 2 heterocycles. The number of aromatic nitrogens is 2. The second kappa shape index (κ2) is 6.44. The van der Waals surface area contributed by atoms with E-state index < -0.39 is 31.8 Å². The standard InChI is InChI=1S/C9H14N3O6P.H3N/c10-8-1-2-12(9(13)11-8)6-3-17-4-7(6)18-5-19(14,15)16;/h1-2,6-7H,3-5H2,(H2,10,11,13)(H2,14,15,16);1H3. The summed E-state index contributed by atoms with van der Waals surface area (Å²) in [6.45, 7) is 0.312. The normalized spacial score (nSPS) is 24.9. The fourth-order valence-corrected chi connectivity index (χ4v) is 2.19. The molecule has 1 saturated heterocycles. The summed E-state index contributed by atoms with van der Waals surface area (Å²) in [4.78, 5) is 34.6. The summed E-state index contributed by atoms with van der Waals surface area (Å²) >= 11 is 0. The van der Waals surface area contributed by atoms with Crippen molar-refractivity contribution in [1.29, 1.82) is 0 Å². The van der Waals surface area contributed by atoms with Gasteiger partial charge < -0.3 is 35.7 Å². The number of rotatable bonds is 4. The van der Waals surface area contributed by atoms with Crippen LogP contribution in [0.15, 0.2) is 17.1 Å². The maximum Gasteiger partial charge on any atom is 0.349 e. The molecular formula is C9H17N4O6P. The molecule has 3 unspecified atom stereocenters. The zero-order valence-electron chi connectivity index (χ0n) is 10.8. The lowest BCUT2D eigenvalue weighted by molar-refractivity contribution is -0.200. The van der Waals surface area contributed by atoms with Crippen molar-refractivity contribution in [1.82, 2.24) is 15.7 Å². The summed E-state index contributed by atoms with van der Waals surface area (Å²) in [5.41, 5.74) is 4.81. The van der Waals surface area contributed by atoms with Crippen LogP contribution in [0.4, 0.5) is 5.82 Å². The van der Waals surface area contributed by atoms with E-state index in [9.17, 15) is 14.3 Å². The average molecular weight is 308 g/mol. The number of hydrogen-bond donors (Lipinski definition) is 3. The average Bonchev–Trinajstić information content (AvgIpc) is 2.73. The summed E-state index contributed by atoms with van der Waals surface area (Å²) in [6.07, 6.45) is -0.0392. The van der Waals surface area contributed by atoms with E-state index in [4.69, 9.17) is 20.1 Å². The molecule has 7 N–H and O–H groups in total. The molecule has 1 aliphatic rings. The van der Waals surface area contributed by atoms with Gasteiger partial charge in [0.05, 0.1) is 19.3 Å². The van der Waals surface area contributed by atoms with Gasteiger partial charge in [0, 0.05) is 6.20 Å². The van der Waals surface area contributed by atoms with Crippen molar-refractivity contribution in [3.8, 4) is 0 Å². The molecule has 1 fully saturated rings. The number of nitrogen functional groups attached to an aromatic ring is 1. The van der Waals surface area contributed by atoms with E-state index in [2.05, 4.69) is 4.98 Å². The van der Waals surface area contributed by atoms with Crippen molar-refractivity contribution in [2.24, 2.45) is 0 Å². The zero-order valence-corrected chi connectivity index (χ0v) is 11.7. The van der Waals surface area contributed by atoms with E-state index >= 15 is 0 Å². The van der Waals surface area contributed by atoms with Crippen molar-refractivity contribution in [2.45, 2.75) is 12.1 Å². The van der Waals surface area contributed by atoms with Crippen LogP contribution in [-0.2, 0) is 14.0 Å². The van der Waals surface area contributed by atoms with E-state index in [1.807, 2.05) is 0 Å². The number of nitrogens with two attached hydrogens (primary N) is 1. The highest BCUT2D eigenvalue weighted by atomic mass is 31.2. The summed E-state index contributed by atoms with van der Waals surface area (Å²) < 4.78 is 22.1. The first kappa shape index (κ1) is 16.8. The molecule has 1 aromatic heterocycles. The minimum Gasteiger partial charge on any atom is -0.777 e. The van der Waals surface area contributed by atoms with Gasteiger partial charge in [-0.2, -0.15) is 4.98 Å². The summed E-state index contributed by atoms with van der Waals surface area (Å²) in [5.74, 6) is 0.0945. The van der Waals surface area contributed by atoms with Crippen LogP contribution in [0.1, 0.15) is 6.04 Å². The van der Waals surface area contributed by atoms with Crippen LogP contribution in [-0.4, -0.2) is 40.1 Å². The van der Waals surface area contributed by atoms with E-state index in [0.29, 0.717) is 0 Å². The topological polar surface area (TPSA) is 176 Å². The Labute approximate surface area is 114 Å². The van der Waals surface area contributed by atoms with Crippen LogP contribution in [0, 0.1) is 0 Å². The van der Waals surface area contributed by atoms with Gasteiger partial charge in [0.1, 0.15) is 18.3 Å². The number of quaternary nitrogens is 1. The van der Waals surface area contributed by atoms with Gasteiger partial charge in [-0.05, 0) is 6.07 Å². The van der Waals surface area contributed by atoms with Crippen LogP contribution in [0.5, 0.6) is 0 Å². The van der Waals surface area contributed by atoms with Crippen LogP contribution in [0.3, 0.4) is 0 Å². The SMILES string of the molecule is Nc1ccn(C2COCC2OCP(=O)([O-])O)c(=O)n1.[NH4+]. The third kappa shape index (κ3) is 4.10.